The van der Waals surface area contributed by atoms with Crippen molar-refractivity contribution in [2.24, 2.45) is 0 Å². The van der Waals surface area contributed by atoms with Crippen LogP contribution in [-0.4, -0.2) is 22.3 Å². The first-order chi connectivity index (χ1) is 12.2. The predicted octanol–water partition coefficient (Wildman–Crippen LogP) is 3.06. The van der Waals surface area contributed by atoms with E-state index in [0.29, 0.717) is 19.2 Å². The number of aryl methyl sites for hydroxylation is 1. The molecule has 0 fully saturated rings. The summed E-state index contributed by atoms with van der Waals surface area (Å²) in [6, 6.07) is 18.1. The van der Waals surface area contributed by atoms with Gasteiger partial charge >= 0.3 is 0 Å². The summed E-state index contributed by atoms with van der Waals surface area (Å²) < 4.78 is 13.4. The molecule has 126 valence electrons. The van der Waals surface area contributed by atoms with Gasteiger partial charge < -0.3 is 9.47 Å². The average Bonchev–Trinajstić information content (AvgIpc) is 3.03. The fraction of sp³-hybridized carbons (Fsp3) is 0.200. The van der Waals surface area contributed by atoms with Crippen LogP contribution in [0.3, 0.4) is 0 Å². The summed E-state index contributed by atoms with van der Waals surface area (Å²) in [6.45, 7) is 3.11. The second-order valence-electron chi connectivity index (χ2n) is 6.09. The fourth-order valence-corrected chi connectivity index (χ4v) is 3.00. The van der Waals surface area contributed by atoms with Crippen molar-refractivity contribution in [3.63, 3.8) is 0 Å². The van der Waals surface area contributed by atoms with Gasteiger partial charge in [-0.1, -0.05) is 36.4 Å². The lowest BCUT2D eigenvalue weighted by Gasteiger charge is -2.13. The van der Waals surface area contributed by atoms with Crippen LogP contribution in [0.1, 0.15) is 5.56 Å². The van der Waals surface area contributed by atoms with E-state index in [1.165, 1.54) is 17.2 Å². The van der Waals surface area contributed by atoms with Crippen molar-refractivity contribution < 1.29 is 9.47 Å². The fourth-order valence-electron chi connectivity index (χ4n) is 3.00. The van der Waals surface area contributed by atoms with E-state index in [1.54, 1.807) is 6.20 Å². The average molecular weight is 334 g/mol. The molecule has 1 aliphatic heterocycles. The van der Waals surface area contributed by atoms with Crippen molar-refractivity contribution in [3.05, 3.63) is 76.7 Å². The summed E-state index contributed by atoms with van der Waals surface area (Å²) >= 11 is 0. The maximum atomic E-state index is 11.3. The SMILES string of the molecule is Cc1cc(OCC2Cn3ccc(=O)nc3O2)ccc1-c1ccccc1. The maximum Gasteiger partial charge on any atom is 0.300 e. The standard InChI is InChI=1S/C20H18N2O3/c1-14-11-16(7-8-18(14)15-5-3-2-4-6-15)24-13-17-12-22-10-9-19(23)21-20(22)25-17/h2-11,17H,12-13H2,1H3. The van der Waals surface area contributed by atoms with Gasteiger partial charge in [-0.05, 0) is 35.7 Å². The van der Waals surface area contributed by atoms with E-state index < -0.39 is 0 Å². The predicted molar refractivity (Wildman–Crippen MR) is 95.0 cm³/mol. The van der Waals surface area contributed by atoms with Crippen molar-refractivity contribution in [1.29, 1.82) is 0 Å². The summed E-state index contributed by atoms with van der Waals surface area (Å²) in [5.41, 5.74) is 3.25. The van der Waals surface area contributed by atoms with E-state index in [4.69, 9.17) is 9.47 Å². The zero-order valence-corrected chi connectivity index (χ0v) is 13.9. The molecule has 2 aromatic carbocycles. The normalized spacial score (nSPS) is 15.5. The molecule has 3 aromatic rings. The molecule has 0 saturated heterocycles. The molecule has 2 heterocycles. The third-order valence-electron chi connectivity index (χ3n) is 4.24. The molecule has 0 bridgehead atoms. The van der Waals surface area contributed by atoms with E-state index in [9.17, 15) is 4.79 Å². The molecule has 0 spiro atoms. The van der Waals surface area contributed by atoms with E-state index in [0.717, 1.165) is 11.3 Å². The number of hydrogen-bond donors (Lipinski definition) is 0. The Bertz CT molecular complexity index is 951. The molecule has 4 rings (SSSR count). The van der Waals surface area contributed by atoms with E-state index >= 15 is 0 Å². The van der Waals surface area contributed by atoms with Gasteiger partial charge in [-0.3, -0.25) is 9.36 Å². The first-order valence-electron chi connectivity index (χ1n) is 8.22. The Kier molecular flexibility index (Phi) is 3.98. The molecule has 1 aromatic heterocycles. The number of nitrogens with zero attached hydrogens (tertiary/aromatic N) is 2. The summed E-state index contributed by atoms with van der Waals surface area (Å²) in [4.78, 5) is 15.1. The third-order valence-corrected chi connectivity index (χ3v) is 4.24. The molecular weight excluding hydrogens is 316 g/mol. The van der Waals surface area contributed by atoms with Gasteiger partial charge in [-0.25, -0.2) is 0 Å². The molecule has 0 N–H and O–H groups in total. The molecule has 1 aliphatic rings. The quantitative estimate of drug-likeness (QED) is 0.736. The minimum atomic E-state index is -0.292. The highest BCUT2D eigenvalue weighted by atomic mass is 16.6. The highest BCUT2D eigenvalue weighted by Crippen LogP contribution is 2.27. The Morgan fingerprint density at radius 3 is 2.84 bits per heavy atom. The van der Waals surface area contributed by atoms with Crippen molar-refractivity contribution in [2.45, 2.75) is 19.6 Å². The summed E-state index contributed by atoms with van der Waals surface area (Å²) in [5, 5.41) is 0. The Morgan fingerprint density at radius 2 is 2.04 bits per heavy atom. The van der Waals surface area contributed by atoms with Crippen LogP contribution in [0.5, 0.6) is 11.8 Å². The molecular formula is C20H18N2O3. The lowest BCUT2D eigenvalue weighted by atomic mass is 10.0. The number of benzene rings is 2. The van der Waals surface area contributed by atoms with Crippen LogP contribution in [0.2, 0.25) is 0 Å². The second kappa shape index (κ2) is 6.43. The Balaban J connectivity index is 1.43. The number of fused-ring (bicyclic) bond motifs is 1. The first-order valence-corrected chi connectivity index (χ1v) is 8.22. The number of ether oxygens (including phenoxy) is 2. The van der Waals surface area contributed by atoms with Crippen LogP contribution in [-0.2, 0) is 6.54 Å². The minimum Gasteiger partial charge on any atom is -0.490 e. The Hall–Kier alpha value is -3.08. The number of rotatable bonds is 4. The van der Waals surface area contributed by atoms with Gasteiger partial charge in [0, 0.05) is 12.3 Å². The van der Waals surface area contributed by atoms with Crippen LogP contribution in [0.4, 0.5) is 0 Å². The van der Waals surface area contributed by atoms with Gasteiger partial charge in [0.05, 0.1) is 6.54 Å². The Morgan fingerprint density at radius 1 is 1.20 bits per heavy atom. The van der Waals surface area contributed by atoms with Gasteiger partial charge in [0.1, 0.15) is 12.4 Å². The summed E-state index contributed by atoms with van der Waals surface area (Å²) in [5.74, 6) is 0.805. The smallest absolute Gasteiger partial charge is 0.300 e. The van der Waals surface area contributed by atoms with Gasteiger partial charge in [0.25, 0.3) is 11.6 Å². The molecule has 1 atom stereocenters. The molecule has 1 unspecified atom stereocenters. The van der Waals surface area contributed by atoms with Crippen LogP contribution in [0.25, 0.3) is 11.1 Å². The molecule has 5 heteroatoms. The molecule has 25 heavy (non-hydrogen) atoms. The van der Waals surface area contributed by atoms with Crippen LogP contribution >= 0.6 is 0 Å². The first kappa shape index (κ1) is 15.4. The summed E-state index contributed by atoms with van der Waals surface area (Å²) in [6.07, 6.45) is 1.55. The van der Waals surface area contributed by atoms with E-state index in [-0.39, 0.29) is 11.7 Å². The van der Waals surface area contributed by atoms with Crippen LogP contribution in [0.15, 0.2) is 65.6 Å². The van der Waals surface area contributed by atoms with Crippen LogP contribution < -0.4 is 15.0 Å². The van der Waals surface area contributed by atoms with Gasteiger partial charge in [0.15, 0.2) is 6.10 Å². The molecule has 5 nitrogen and oxygen atoms in total. The highest BCUT2D eigenvalue weighted by Gasteiger charge is 2.23. The topological polar surface area (TPSA) is 53.4 Å². The highest BCUT2D eigenvalue weighted by molar-refractivity contribution is 5.67. The van der Waals surface area contributed by atoms with Crippen molar-refractivity contribution >= 4 is 0 Å². The molecule has 0 aliphatic carbocycles. The second-order valence-corrected chi connectivity index (χ2v) is 6.09. The number of hydrogen-bond acceptors (Lipinski definition) is 4. The van der Waals surface area contributed by atoms with Crippen LogP contribution in [0, 0.1) is 6.92 Å². The van der Waals surface area contributed by atoms with Gasteiger partial charge in [0.2, 0.25) is 0 Å². The molecule has 0 radical (unpaired) electrons. The van der Waals surface area contributed by atoms with Crippen molar-refractivity contribution in [2.75, 3.05) is 6.61 Å². The maximum absolute atomic E-state index is 11.3. The van der Waals surface area contributed by atoms with Gasteiger partial charge in [-0.2, -0.15) is 4.98 Å². The van der Waals surface area contributed by atoms with E-state index in [1.807, 2.05) is 34.9 Å². The molecule has 0 saturated carbocycles. The molecule has 0 amide bonds. The minimum absolute atomic E-state index is 0.150. The lowest BCUT2D eigenvalue weighted by Crippen LogP contribution is -2.23. The zero-order valence-electron chi connectivity index (χ0n) is 13.9. The van der Waals surface area contributed by atoms with E-state index in [2.05, 4.69) is 30.1 Å². The number of aromatic nitrogens is 2. The largest absolute Gasteiger partial charge is 0.490 e. The summed E-state index contributed by atoms with van der Waals surface area (Å²) in [7, 11) is 0. The Labute approximate surface area is 145 Å². The van der Waals surface area contributed by atoms with Crippen molar-refractivity contribution in [1.82, 2.24) is 9.55 Å². The monoisotopic (exact) mass is 334 g/mol. The van der Waals surface area contributed by atoms with Crippen molar-refractivity contribution in [3.8, 4) is 22.9 Å². The van der Waals surface area contributed by atoms with Gasteiger partial charge in [-0.15, -0.1) is 0 Å². The lowest BCUT2D eigenvalue weighted by molar-refractivity contribution is 0.143. The third kappa shape index (κ3) is 3.26. The zero-order chi connectivity index (χ0) is 17.2.